The minimum absolute atomic E-state index is 0.631. The fraction of sp³-hybridized carbons (Fsp3) is 0.276. The van der Waals surface area contributed by atoms with Crippen molar-refractivity contribution in [3.05, 3.63) is 78.0 Å². The van der Waals surface area contributed by atoms with Gasteiger partial charge in [-0.2, -0.15) is 0 Å². The van der Waals surface area contributed by atoms with Gasteiger partial charge in [0.1, 0.15) is 0 Å². The largest absolute Gasteiger partial charge is 0.256 e. The summed E-state index contributed by atoms with van der Waals surface area (Å²) in [7, 11) is 0. The fourth-order valence-electron chi connectivity index (χ4n) is 4.96. The van der Waals surface area contributed by atoms with E-state index in [1.165, 1.54) is 49.7 Å². The fourth-order valence-corrected chi connectivity index (χ4v) is 4.96. The number of pyridine rings is 1. The average Bonchev–Trinajstić information content (AvgIpc) is 2.82. The summed E-state index contributed by atoms with van der Waals surface area (Å²) in [5, 5.41) is 2.58. The predicted molar refractivity (Wildman–Crippen MR) is 129 cm³/mol. The number of hydrogen-bond donors (Lipinski definition) is 0. The standard InChI is InChI=1S/C29H29N/c1-18(2)13-20-9-10-24-26(16-20)23-7-5-6-8-25(23)29-28-22(11-12-30-29)15-21(14-19(3)4)17-27(24)28/h5-12,15-19H,13-14H2,1-4H3. The van der Waals surface area contributed by atoms with Crippen LogP contribution in [-0.2, 0) is 12.8 Å². The van der Waals surface area contributed by atoms with Gasteiger partial charge in [-0.25, -0.2) is 0 Å². The molecular formula is C29H29N. The Balaban J connectivity index is 1.87. The normalized spacial score (nSPS) is 12.2. The number of benzene rings is 3. The molecule has 3 aromatic carbocycles. The van der Waals surface area contributed by atoms with Gasteiger partial charge in [-0.05, 0) is 69.5 Å². The molecule has 5 rings (SSSR count). The summed E-state index contributed by atoms with van der Waals surface area (Å²) in [5.41, 5.74) is 10.5. The molecule has 0 saturated heterocycles. The Morgan fingerprint density at radius 1 is 0.633 bits per heavy atom. The third-order valence-electron chi connectivity index (χ3n) is 6.06. The second kappa shape index (κ2) is 7.40. The van der Waals surface area contributed by atoms with Crippen LogP contribution in [0.25, 0.3) is 44.3 Å². The van der Waals surface area contributed by atoms with Crippen LogP contribution in [0.15, 0.2) is 66.9 Å². The van der Waals surface area contributed by atoms with Gasteiger partial charge in [0.2, 0.25) is 0 Å². The van der Waals surface area contributed by atoms with Gasteiger partial charge in [-0.1, -0.05) is 82.3 Å². The summed E-state index contributed by atoms with van der Waals surface area (Å²) >= 11 is 0. The number of aromatic nitrogens is 1. The second-order valence-corrected chi connectivity index (χ2v) is 9.52. The van der Waals surface area contributed by atoms with Crippen molar-refractivity contribution < 1.29 is 0 Å². The van der Waals surface area contributed by atoms with Crippen molar-refractivity contribution in [1.29, 1.82) is 0 Å². The predicted octanol–water partition coefficient (Wildman–Crippen LogP) is 7.95. The van der Waals surface area contributed by atoms with E-state index in [9.17, 15) is 0 Å². The Hall–Kier alpha value is -2.93. The molecule has 0 aliphatic heterocycles. The van der Waals surface area contributed by atoms with E-state index in [0.717, 1.165) is 18.5 Å². The molecular weight excluding hydrogens is 362 g/mol. The number of nitrogens with zero attached hydrogens (tertiary/aromatic N) is 1. The summed E-state index contributed by atoms with van der Waals surface area (Å²) in [5.74, 6) is 1.27. The molecule has 1 aromatic heterocycles. The third kappa shape index (κ3) is 3.23. The Morgan fingerprint density at radius 2 is 1.30 bits per heavy atom. The number of hydrogen-bond acceptors (Lipinski definition) is 1. The molecule has 0 spiro atoms. The minimum atomic E-state index is 0.631. The van der Waals surface area contributed by atoms with E-state index < -0.39 is 0 Å². The minimum Gasteiger partial charge on any atom is -0.256 e. The van der Waals surface area contributed by atoms with E-state index in [0.29, 0.717) is 11.8 Å². The number of rotatable bonds is 4. The highest BCUT2D eigenvalue weighted by atomic mass is 14.7. The average molecular weight is 392 g/mol. The van der Waals surface area contributed by atoms with Crippen molar-refractivity contribution in [2.75, 3.05) is 0 Å². The van der Waals surface area contributed by atoms with Crippen molar-refractivity contribution in [2.45, 2.75) is 40.5 Å². The van der Waals surface area contributed by atoms with Crippen LogP contribution >= 0.6 is 0 Å². The highest BCUT2D eigenvalue weighted by molar-refractivity contribution is 6.12. The van der Waals surface area contributed by atoms with Crippen molar-refractivity contribution in [3.8, 4) is 33.5 Å². The zero-order chi connectivity index (χ0) is 20.8. The maximum absolute atomic E-state index is 4.88. The summed E-state index contributed by atoms with van der Waals surface area (Å²) in [4.78, 5) is 4.88. The lowest BCUT2D eigenvalue weighted by Gasteiger charge is -2.15. The van der Waals surface area contributed by atoms with Crippen molar-refractivity contribution in [3.63, 3.8) is 0 Å². The van der Waals surface area contributed by atoms with Crippen molar-refractivity contribution in [2.24, 2.45) is 11.8 Å². The molecule has 0 radical (unpaired) electrons. The van der Waals surface area contributed by atoms with Gasteiger partial charge in [-0.15, -0.1) is 0 Å². The molecule has 1 nitrogen and oxygen atoms in total. The van der Waals surface area contributed by atoms with E-state index in [4.69, 9.17) is 4.98 Å². The molecule has 0 bridgehead atoms. The molecule has 0 saturated carbocycles. The monoisotopic (exact) mass is 391 g/mol. The van der Waals surface area contributed by atoms with Gasteiger partial charge in [0, 0.05) is 17.1 Å². The zero-order valence-electron chi connectivity index (χ0n) is 18.4. The highest BCUT2D eigenvalue weighted by Gasteiger charge is 2.23. The zero-order valence-corrected chi connectivity index (χ0v) is 18.4. The van der Waals surface area contributed by atoms with Crippen LogP contribution in [0.3, 0.4) is 0 Å². The van der Waals surface area contributed by atoms with Gasteiger partial charge in [0.25, 0.3) is 0 Å². The second-order valence-electron chi connectivity index (χ2n) is 9.52. The Morgan fingerprint density at radius 3 is 2.07 bits per heavy atom. The molecule has 4 aromatic rings. The van der Waals surface area contributed by atoms with E-state index in [-0.39, 0.29) is 0 Å². The molecule has 0 atom stereocenters. The van der Waals surface area contributed by atoms with Gasteiger partial charge in [0.15, 0.2) is 0 Å². The van der Waals surface area contributed by atoms with E-state index >= 15 is 0 Å². The van der Waals surface area contributed by atoms with E-state index in [2.05, 4.69) is 88.4 Å². The first-order valence-electron chi connectivity index (χ1n) is 11.2. The Bertz CT molecular complexity index is 1250. The Labute approximate surface area is 179 Å². The lowest BCUT2D eigenvalue weighted by molar-refractivity contribution is 0.647. The first-order chi connectivity index (χ1) is 14.5. The molecule has 0 amide bonds. The van der Waals surface area contributed by atoms with E-state index in [1.54, 1.807) is 0 Å². The molecule has 30 heavy (non-hydrogen) atoms. The lowest BCUT2D eigenvalue weighted by Crippen LogP contribution is -1.97. The Kier molecular flexibility index (Phi) is 4.70. The van der Waals surface area contributed by atoms with Crippen LogP contribution in [0.2, 0.25) is 0 Å². The molecule has 0 fully saturated rings. The molecule has 1 heterocycles. The number of fused-ring (bicyclic) bond motifs is 5. The van der Waals surface area contributed by atoms with Crippen LogP contribution in [0.1, 0.15) is 38.8 Å². The summed E-state index contributed by atoms with van der Waals surface area (Å²) < 4.78 is 0. The van der Waals surface area contributed by atoms with E-state index in [1.807, 2.05) is 6.20 Å². The SMILES string of the molecule is CC(C)Cc1ccc2c(c1)-c1ccccc1-c1nccc3cc(CC(C)C)cc-2c13. The molecule has 150 valence electrons. The van der Waals surface area contributed by atoms with Crippen molar-refractivity contribution >= 4 is 10.8 Å². The summed E-state index contributed by atoms with van der Waals surface area (Å²) in [6, 6.07) is 22.8. The smallest absolute Gasteiger partial charge is 0.0792 e. The summed E-state index contributed by atoms with van der Waals surface area (Å²) in [6.45, 7) is 9.17. The first kappa shape index (κ1) is 19.1. The third-order valence-corrected chi connectivity index (χ3v) is 6.06. The maximum atomic E-state index is 4.88. The summed E-state index contributed by atoms with van der Waals surface area (Å²) in [6.07, 6.45) is 4.16. The topological polar surface area (TPSA) is 12.9 Å². The van der Waals surface area contributed by atoms with Gasteiger partial charge in [0.05, 0.1) is 5.69 Å². The lowest BCUT2D eigenvalue weighted by atomic mass is 9.89. The van der Waals surface area contributed by atoms with Gasteiger partial charge >= 0.3 is 0 Å². The van der Waals surface area contributed by atoms with Crippen molar-refractivity contribution in [1.82, 2.24) is 4.98 Å². The van der Waals surface area contributed by atoms with Gasteiger partial charge in [-0.3, -0.25) is 4.98 Å². The van der Waals surface area contributed by atoms with Crippen LogP contribution < -0.4 is 0 Å². The van der Waals surface area contributed by atoms with Crippen LogP contribution in [0.5, 0.6) is 0 Å². The molecule has 1 aliphatic rings. The van der Waals surface area contributed by atoms with Crippen LogP contribution in [-0.4, -0.2) is 4.98 Å². The quantitative estimate of drug-likeness (QED) is 0.303. The first-order valence-corrected chi connectivity index (χ1v) is 11.2. The van der Waals surface area contributed by atoms with Crippen LogP contribution in [0.4, 0.5) is 0 Å². The van der Waals surface area contributed by atoms with Crippen LogP contribution in [0, 0.1) is 11.8 Å². The molecule has 1 aliphatic carbocycles. The highest BCUT2D eigenvalue weighted by Crippen LogP contribution is 2.47. The van der Waals surface area contributed by atoms with Gasteiger partial charge < -0.3 is 0 Å². The molecule has 1 heteroatoms. The maximum Gasteiger partial charge on any atom is 0.0792 e. The molecule has 0 N–H and O–H groups in total. The molecule has 0 unspecified atom stereocenters.